The molecule has 2 N–H and O–H groups in total. The number of para-hydroxylation sites is 1. The SMILES string of the molecule is NCC1CC1c1cccc2c1OCCO2. The van der Waals surface area contributed by atoms with Crippen LogP contribution in [0.3, 0.4) is 0 Å². The van der Waals surface area contributed by atoms with E-state index >= 15 is 0 Å². The monoisotopic (exact) mass is 205 g/mol. The van der Waals surface area contributed by atoms with E-state index in [4.69, 9.17) is 15.2 Å². The molecule has 0 bridgehead atoms. The highest BCUT2D eigenvalue weighted by Crippen LogP contribution is 2.52. The van der Waals surface area contributed by atoms with Crippen LogP contribution in [0.25, 0.3) is 0 Å². The van der Waals surface area contributed by atoms with Crippen molar-refractivity contribution in [2.24, 2.45) is 11.7 Å². The van der Waals surface area contributed by atoms with Crippen LogP contribution in [-0.4, -0.2) is 19.8 Å². The molecule has 3 rings (SSSR count). The van der Waals surface area contributed by atoms with E-state index in [2.05, 4.69) is 6.07 Å². The van der Waals surface area contributed by atoms with E-state index in [1.165, 1.54) is 12.0 Å². The molecule has 1 aliphatic heterocycles. The molecule has 1 fully saturated rings. The Morgan fingerprint density at radius 2 is 2.13 bits per heavy atom. The first kappa shape index (κ1) is 9.04. The molecule has 1 aromatic rings. The summed E-state index contributed by atoms with van der Waals surface area (Å²) in [6.45, 7) is 2.08. The van der Waals surface area contributed by atoms with Crippen LogP contribution in [0.1, 0.15) is 17.9 Å². The van der Waals surface area contributed by atoms with Gasteiger partial charge in [0.05, 0.1) is 0 Å². The van der Waals surface area contributed by atoms with Gasteiger partial charge in [-0.1, -0.05) is 12.1 Å². The van der Waals surface area contributed by atoms with Gasteiger partial charge in [-0.3, -0.25) is 0 Å². The van der Waals surface area contributed by atoms with Crippen molar-refractivity contribution in [1.82, 2.24) is 0 Å². The molecule has 80 valence electrons. The fourth-order valence-corrected chi connectivity index (χ4v) is 2.28. The molecule has 3 heteroatoms. The Labute approximate surface area is 89.2 Å². The van der Waals surface area contributed by atoms with E-state index in [0.29, 0.717) is 25.0 Å². The van der Waals surface area contributed by atoms with Crippen molar-refractivity contribution < 1.29 is 9.47 Å². The van der Waals surface area contributed by atoms with E-state index in [1.807, 2.05) is 12.1 Å². The molecule has 0 radical (unpaired) electrons. The highest BCUT2D eigenvalue weighted by molar-refractivity contribution is 5.50. The van der Waals surface area contributed by atoms with Gasteiger partial charge in [0, 0.05) is 5.56 Å². The van der Waals surface area contributed by atoms with Crippen LogP contribution in [0.2, 0.25) is 0 Å². The number of nitrogens with two attached hydrogens (primary N) is 1. The third kappa shape index (κ3) is 1.47. The second-order valence-corrected chi connectivity index (χ2v) is 4.21. The van der Waals surface area contributed by atoms with Gasteiger partial charge in [-0.25, -0.2) is 0 Å². The maximum Gasteiger partial charge on any atom is 0.164 e. The minimum absolute atomic E-state index is 0.589. The Balaban J connectivity index is 1.94. The van der Waals surface area contributed by atoms with Crippen molar-refractivity contribution in [1.29, 1.82) is 0 Å². The highest BCUT2D eigenvalue weighted by atomic mass is 16.6. The molecule has 2 atom stereocenters. The molecule has 0 aromatic heterocycles. The lowest BCUT2D eigenvalue weighted by atomic mass is 10.1. The zero-order chi connectivity index (χ0) is 10.3. The number of ether oxygens (including phenoxy) is 2. The summed E-state index contributed by atoms with van der Waals surface area (Å²) in [6.07, 6.45) is 1.19. The van der Waals surface area contributed by atoms with Gasteiger partial charge in [-0.15, -0.1) is 0 Å². The molecule has 2 unspecified atom stereocenters. The quantitative estimate of drug-likeness (QED) is 0.796. The Bertz CT molecular complexity index is 378. The summed E-state index contributed by atoms with van der Waals surface area (Å²) in [5.41, 5.74) is 6.95. The van der Waals surface area contributed by atoms with Gasteiger partial charge in [0.15, 0.2) is 11.5 Å². The molecule has 0 saturated heterocycles. The van der Waals surface area contributed by atoms with Gasteiger partial charge in [0.2, 0.25) is 0 Å². The first-order chi connectivity index (χ1) is 7.40. The lowest BCUT2D eigenvalue weighted by molar-refractivity contribution is 0.170. The Morgan fingerprint density at radius 3 is 2.93 bits per heavy atom. The molecule has 15 heavy (non-hydrogen) atoms. The summed E-state index contributed by atoms with van der Waals surface area (Å²) in [6, 6.07) is 6.14. The van der Waals surface area contributed by atoms with Gasteiger partial charge in [0.25, 0.3) is 0 Å². The van der Waals surface area contributed by atoms with E-state index in [-0.39, 0.29) is 0 Å². The van der Waals surface area contributed by atoms with Crippen molar-refractivity contribution in [2.75, 3.05) is 19.8 Å². The third-order valence-corrected chi connectivity index (χ3v) is 3.22. The molecule has 1 saturated carbocycles. The molecule has 1 aromatic carbocycles. The molecule has 2 aliphatic rings. The van der Waals surface area contributed by atoms with Crippen molar-refractivity contribution >= 4 is 0 Å². The molecule has 1 heterocycles. The van der Waals surface area contributed by atoms with Crippen LogP contribution in [-0.2, 0) is 0 Å². The van der Waals surface area contributed by atoms with Gasteiger partial charge < -0.3 is 15.2 Å². The van der Waals surface area contributed by atoms with Gasteiger partial charge in [-0.2, -0.15) is 0 Å². The molecule has 3 nitrogen and oxygen atoms in total. The summed E-state index contributed by atoms with van der Waals surface area (Å²) >= 11 is 0. The first-order valence-corrected chi connectivity index (χ1v) is 5.48. The number of fused-ring (bicyclic) bond motifs is 1. The van der Waals surface area contributed by atoms with Crippen LogP contribution >= 0.6 is 0 Å². The van der Waals surface area contributed by atoms with E-state index in [9.17, 15) is 0 Å². The van der Waals surface area contributed by atoms with Crippen LogP contribution in [0.4, 0.5) is 0 Å². The van der Waals surface area contributed by atoms with Crippen LogP contribution < -0.4 is 15.2 Å². The van der Waals surface area contributed by atoms with E-state index < -0.39 is 0 Å². The van der Waals surface area contributed by atoms with Gasteiger partial charge in [0.1, 0.15) is 13.2 Å². The van der Waals surface area contributed by atoms with Crippen LogP contribution in [0, 0.1) is 5.92 Å². The standard InChI is InChI=1S/C12H15NO2/c13-7-8-6-10(8)9-2-1-3-11-12(9)15-5-4-14-11/h1-3,8,10H,4-7,13H2. The second kappa shape index (κ2) is 3.42. The predicted molar refractivity (Wildman–Crippen MR) is 57.3 cm³/mol. The van der Waals surface area contributed by atoms with Crippen molar-refractivity contribution in [3.05, 3.63) is 23.8 Å². The molecule has 1 aliphatic carbocycles. The lowest BCUT2D eigenvalue weighted by Gasteiger charge is -2.21. The fraction of sp³-hybridized carbons (Fsp3) is 0.500. The minimum Gasteiger partial charge on any atom is -0.486 e. The van der Waals surface area contributed by atoms with E-state index in [1.54, 1.807) is 0 Å². The molecule has 0 spiro atoms. The summed E-state index contributed by atoms with van der Waals surface area (Å²) in [5, 5.41) is 0. The molecular formula is C12H15NO2. The van der Waals surface area contributed by atoms with Crippen molar-refractivity contribution in [2.45, 2.75) is 12.3 Å². The van der Waals surface area contributed by atoms with Crippen LogP contribution in [0.15, 0.2) is 18.2 Å². The average molecular weight is 205 g/mol. The zero-order valence-electron chi connectivity index (χ0n) is 8.61. The number of benzene rings is 1. The number of hydrogen-bond acceptors (Lipinski definition) is 3. The lowest BCUT2D eigenvalue weighted by Crippen LogP contribution is -2.16. The topological polar surface area (TPSA) is 44.5 Å². The number of hydrogen-bond donors (Lipinski definition) is 1. The summed E-state index contributed by atoms with van der Waals surface area (Å²) in [5.74, 6) is 3.07. The third-order valence-electron chi connectivity index (χ3n) is 3.22. The van der Waals surface area contributed by atoms with Gasteiger partial charge in [-0.05, 0) is 30.9 Å². The van der Waals surface area contributed by atoms with Crippen LogP contribution in [0.5, 0.6) is 11.5 Å². The van der Waals surface area contributed by atoms with Gasteiger partial charge >= 0.3 is 0 Å². The summed E-state index contributed by atoms with van der Waals surface area (Å²) in [7, 11) is 0. The molecular weight excluding hydrogens is 190 g/mol. The Kier molecular flexibility index (Phi) is 2.06. The largest absolute Gasteiger partial charge is 0.486 e. The average Bonchev–Trinajstić information content (AvgIpc) is 3.07. The van der Waals surface area contributed by atoms with E-state index in [0.717, 1.165) is 18.0 Å². The normalized spacial score (nSPS) is 27.5. The second-order valence-electron chi connectivity index (χ2n) is 4.21. The smallest absolute Gasteiger partial charge is 0.164 e. The summed E-state index contributed by atoms with van der Waals surface area (Å²) < 4.78 is 11.2. The number of rotatable bonds is 2. The first-order valence-electron chi connectivity index (χ1n) is 5.48. The Morgan fingerprint density at radius 1 is 1.27 bits per heavy atom. The summed E-state index contributed by atoms with van der Waals surface area (Å²) in [4.78, 5) is 0. The maximum absolute atomic E-state index is 5.68. The molecule has 0 amide bonds. The van der Waals surface area contributed by atoms with Crippen molar-refractivity contribution in [3.63, 3.8) is 0 Å². The Hall–Kier alpha value is -1.22. The maximum atomic E-state index is 5.68. The fourth-order valence-electron chi connectivity index (χ4n) is 2.28. The zero-order valence-corrected chi connectivity index (χ0v) is 8.61. The van der Waals surface area contributed by atoms with Crippen molar-refractivity contribution in [3.8, 4) is 11.5 Å². The highest BCUT2D eigenvalue weighted by Gasteiger charge is 2.39. The predicted octanol–water partition coefficient (Wildman–Crippen LogP) is 1.52. The minimum atomic E-state index is 0.589.